The van der Waals surface area contributed by atoms with Gasteiger partial charge in [0.25, 0.3) is 0 Å². The summed E-state index contributed by atoms with van der Waals surface area (Å²) in [5.74, 6) is 0. The van der Waals surface area contributed by atoms with Gasteiger partial charge in [0.2, 0.25) is 0 Å². The number of benzene rings is 2. The minimum absolute atomic E-state index is 0.862. The van der Waals surface area contributed by atoms with Crippen LogP contribution in [0.4, 0.5) is 5.69 Å². The van der Waals surface area contributed by atoms with Crippen molar-refractivity contribution in [3.05, 3.63) is 89.6 Å². The monoisotopic (exact) mass is 317 g/mol. The zero-order valence-corrected chi connectivity index (χ0v) is 15.0. The number of hydrogen-bond donors (Lipinski definition) is 1. The Morgan fingerprint density at radius 3 is 2.38 bits per heavy atom. The van der Waals surface area contributed by atoms with Gasteiger partial charge in [-0.2, -0.15) is 0 Å². The second-order valence-corrected chi connectivity index (χ2v) is 6.04. The van der Waals surface area contributed by atoms with E-state index in [9.17, 15) is 0 Å². The van der Waals surface area contributed by atoms with Crippen LogP contribution in [0.5, 0.6) is 0 Å². The van der Waals surface area contributed by atoms with Gasteiger partial charge in [0.05, 0.1) is 0 Å². The third-order valence-electron chi connectivity index (χ3n) is 4.15. The van der Waals surface area contributed by atoms with Gasteiger partial charge < -0.3 is 5.32 Å². The maximum atomic E-state index is 4.11. The number of allylic oxidation sites excluding steroid dienone is 2. The van der Waals surface area contributed by atoms with Crippen LogP contribution >= 0.6 is 0 Å². The molecule has 24 heavy (non-hydrogen) atoms. The molecule has 2 aromatic carbocycles. The maximum absolute atomic E-state index is 4.11. The number of rotatable bonds is 7. The molecule has 0 amide bonds. The van der Waals surface area contributed by atoms with Crippen molar-refractivity contribution < 1.29 is 0 Å². The van der Waals surface area contributed by atoms with E-state index < -0.39 is 0 Å². The molecule has 124 valence electrons. The first-order valence-corrected chi connectivity index (χ1v) is 8.55. The van der Waals surface area contributed by atoms with Crippen LogP contribution < -0.4 is 5.32 Å². The lowest BCUT2D eigenvalue weighted by molar-refractivity contribution is 1.04. The molecule has 0 bridgehead atoms. The largest absolute Gasteiger partial charge is 0.356 e. The Morgan fingerprint density at radius 1 is 1.00 bits per heavy atom. The molecule has 0 unspecified atom stereocenters. The molecule has 0 aliphatic heterocycles. The van der Waals surface area contributed by atoms with Gasteiger partial charge in [-0.3, -0.25) is 0 Å². The third kappa shape index (κ3) is 4.48. The molecular weight excluding hydrogens is 290 g/mol. The van der Waals surface area contributed by atoms with E-state index in [1.165, 1.54) is 16.7 Å². The summed E-state index contributed by atoms with van der Waals surface area (Å²) in [5, 5.41) is 3.37. The average Bonchev–Trinajstić information content (AvgIpc) is 2.59. The van der Waals surface area contributed by atoms with Crippen LogP contribution in [0, 0.1) is 0 Å². The molecule has 1 N–H and O–H groups in total. The average molecular weight is 317 g/mol. The molecule has 0 saturated heterocycles. The first kappa shape index (κ1) is 17.8. The van der Waals surface area contributed by atoms with Gasteiger partial charge in [0, 0.05) is 16.9 Å². The quantitative estimate of drug-likeness (QED) is 0.576. The number of hydrogen-bond acceptors (Lipinski definition) is 1. The molecule has 1 nitrogen and oxygen atoms in total. The molecule has 2 rings (SSSR count). The highest BCUT2D eigenvalue weighted by Crippen LogP contribution is 2.23. The highest BCUT2D eigenvalue weighted by atomic mass is 14.9. The van der Waals surface area contributed by atoms with Crippen LogP contribution in [-0.2, 0) is 12.8 Å². The SMILES string of the molecule is C=C(/C=C/c1ccc(CC)c(CC)c1)Nc1ccccc1C(=C)C. The molecule has 0 spiro atoms. The lowest BCUT2D eigenvalue weighted by Crippen LogP contribution is -1.98. The Bertz CT molecular complexity index is 765. The van der Waals surface area contributed by atoms with E-state index in [2.05, 4.69) is 62.7 Å². The third-order valence-corrected chi connectivity index (χ3v) is 4.15. The Kier molecular flexibility index (Phi) is 6.20. The summed E-state index contributed by atoms with van der Waals surface area (Å²) in [4.78, 5) is 0. The first-order valence-electron chi connectivity index (χ1n) is 8.55. The fourth-order valence-corrected chi connectivity index (χ4v) is 2.80. The van der Waals surface area contributed by atoms with Crippen molar-refractivity contribution in [2.24, 2.45) is 0 Å². The second-order valence-electron chi connectivity index (χ2n) is 6.04. The highest BCUT2D eigenvalue weighted by molar-refractivity contribution is 5.75. The molecule has 0 atom stereocenters. The summed E-state index contributed by atoms with van der Waals surface area (Å²) < 4.78 is 0. The van der Waals surface area contributed by atoms with E-state index in [1.807, 2.05) is 31.2 Å². The summed E-state index contributed by atoms with van der Waals surface area (Å²) in [6, 6.07) is 14.8. The van der Waals surface area contributed by atoms with E-state index in [0.29, 0.717) is 0 Å². The van der Waals surface area contributed by atoms with Crippen LogP contribution in [0.15, 0.2) is 67.4 Å². The summed E-state index contributed by atoms with van der Waals surface area (Å²) >= 11 is 0. The Hall–Kier alpha value is -2.54. The number of nitrogens with one attached hydrogen (secondary N) is 1. The molecule has 0 heterocycles. The smallest absolute Gasteiger partial charge is 0.0460 e. The number of para-hydroxylation sites is 1. The molecule has 0 radical (unpaired) electrons. The zero-order chi connectivity index (χ0) is 17.5. The molecule has 0 aliphatic carbocycles. The summed E-state index contributed by atoms with van der Waals surface area (Å²) in [6.07, 6.45) is 6.28. The van der Waals surface area contributed by atoms with Crippen molar-refractivity contribution in [1.82, 2.24) is 0 Å². The van der Waals surface area contributed by atoms with Crippen molar-refractivity contribution in [1.29, 1.82) is 0 Å². The second kappa shape index (κ2) is 8.35. The maximum Gasteiger partial charge on any atom is 0.0460 e. The molecule has 0 saturated carbocycles. The van der Waals surface area contributed by atoms with E-state index >= 15 is 0 Å². The topological polar surface area (TPSA) is 12.0 Å². The van der Waals surface area contributed by atoms with E-state index in [4.69, 9.17) is 0 Å². The summed E-state index contributed by atoms with van der Waals surface area (Å²) in [5.41, 5.74) is 8.12. The van der Waals surface area contributed by atoms with Crippen LogP contribution in [0.3, 0.4) is 0 Å². The van der Waals surface area contributed by atoms with Crippen LogP contribution in [-0.4, -0.2) is 0 Å². The number of aryl methyl sites for hydroxylation is 2. The lowest BCUT2D eigenvalue weighted by atomic mass is 10.00. The predicted octanol–water partition coefficient (Wildman–Crippen LogP) is 6.48. The van der Waals surface area contributed by atoms with Crippen molar-refractivity contribution in [2.75, 3.05) is 5.32 Å². The Labute approximate surface area is 146 Å². The van der Waals surface area contributed by atoms with Crippen LogP contribution in [0.2, 0.25) is 0 Å². The minimum Gasteiger partial charge on any atom is -0.356 e. The molecule has 0 aliphatic rings. The van der Waals surface area contributed by atoms with E-state index in [0.717, 1.165) is 35.4 Å². The highest BCUT2D eigenvalue weighted by Gasteiger charge is 2.02. The van der Waals surface area contributed by atoms with Gasteiger partial charge in [0.1, 0.15) is 0 Å². The first-order chi connectivity index (χ1) is 11.5. The number of anilines is 1. The fraction of sp³-hybridized carbons (Fsp3) is 0.217. The van der Waals surface area contributed by atoms with Gasteiger partial charge in [-0.1, -0.05) is 69.5 Å². The zero-order valence-electron chi connectivity index (χ0n) is 15.0. The van der Waals surface area contributed by atoms with Gasteiger partial charge in [-0.25, -0.2) is 0 Å². The normalized spacial score (nSPS) is 10.8. The summed E-state index contributed by atoms with van der Waals surface area (Å²) in [6.45, 7) is 14.6. The molecular formula is C23H27N. The van der Waals surface area contributed by atoms with Crippen molar-refractivity contribution >= 4 is 17.3 Å². The van der Waals surface area contributed by atoms with Gasteiger partial charge in [-0.15, -0.1) is 0 Å². The molecule has 0 aromatic heterocycles. The van der Waals surface area contributed by atoms with Gasteiger partial charge >= 0.3 is 0 Å². The van der Waals surface area contributed by atoms with Gasteiger partial charge in [0.15, 0.2) is 0 Å². The summed E-state index contributed by atoms with van der Waals surface area (Å²) in [7, 11) is 0. The molecule has 1 heteroatoms. The van der Waals surface area contributed by atoms with Crippen LogP contribution in [0.1, 0.15) is 43.0 Å². The predicted molar refractivity (Wildman–Crippen MR) is 108 cm³/mol. The Balaban J connectivity index is 2.13. The van der Waals surface area contributed by atoms with Crippen molar-refractivity contribution in [3.8, 4) is 0 Å². The fourth-order valence-electron chi connectivity index (χ4n) is 2.80. The standard InChI is InChI=1S/C23H27N/c1-6-20-15-14-19(16-21(20)7-2)13-12-18(5)24-23-11-9-8-10-22(23)17(3)4/h8-16,24H,3,5-7H2,1-2,4H3/b13-12+. The lowest BCUT2D eigenvalue weighted by Gasteiger charge is -2.12. The van der Waals surface area contributed by atoms with Crippen LogP contribution in [0.25, 0.3) is 11.6 Å². The minimum atomic E-state index is 0.862. The molecule has 0 fully saturated rings. The van der Waals surface area contributed by atoms with E-state index in [1.54, 1.807) is 0 Å². The Morgan fingerprint density at radius 2 is 1.71 bits per heavy atom. The van der Waals surface area contributed by atoms with Crippen molar-refractivity contribution in [3.63, 3.8) is 0 Å². The van der Waals surface area contributed by atoms with Crippen molar-refractivity contribution in [2.45, 2.75) is 33.6 Å². The molecule has 2 aromatic rings. The van der Waals surface area contributed by atoms with E-state index in [-0.39, 0.29) is 0 Å². The van der Waals surface area contributed by atoms with Gasteiger partial charge in [-0.05, 0) is 54.2 Å².